The molecule has 2 atom stereocenters. The SMILES string of the molecule is C[C@](O)(CNC(=O)c1ccc2ncc(=O)[nH]c2c1)c1cc2c(c(-c3ccc(F)cc3)n1)OC[C@]2(C)C(N)=O. The number of H-pyrrole nitrogens is 1. The van der Waals surface area contributed by atoms with Gasteiger partial charge < -0.3 is 25.9 Å². The third-order valence-electron chi connectivity index (χ3n) is 6.72. The number of nitrogens with one attached hydrogen (secondary N) is 2. The summed E-state index contributed by atoms with van der Waals surface area (Å²) in [5.74, 6) is -1.23. The van der Waals surface area contributed by atoms with Crippen LogP contribution < -0.4 is 21.3 Å². The van der Waals surface area contributed by atoms with Crippen LogP contribution in [0, 0.1) is 5.82 Å². The number of carbonyl (C=O) groups is 2. The van der Waals surface area contributed by atoms with Gasteiger partial charge in [0.15, 0.2) is 0 Å². The summed E-state index contributed by atoms with van der Waals surface area (Å²) < 4.78 is 19.4. The predicted octanol–water partition coefficient (Wildman–Crippen LogP) is 1.90. The van der Waals surface area contributed by atoms with Crippen LogP contribution in [-0.2, 0) is 15.8 Å². The Labute approximate surface area is 215 Å². The van der Waals surface area contributed by atoms with E-state index in [9.17, 15) is 23.9 Å². The third kappa shape index (κ3) is 4.37. The normalized spacial score (nSPS) is 17.9. The Morgan fingerprint density at radius 1 is 1.24 bits per heavy atom. The fourth-order valence-electron chi connectivity index (χ4n) is 4.29. The molecule has 0 aliphatic carbocycles. The summed E-state index contributed by atoms with van der Waals surface area (Å²) in [5, 5.41) is 14.1. The van der Waals surface area contributed by atoms with E-state index in [-0.39, 0.29) is 24.4 Å². The van der Waals surface area contributed by atoms with Gasteiger partial charge in [0.1, 0.15) is 34.9 Å². The molecule has 2 aromatic heterocycles. The van der Waals surface area contributed by atoms with E-state index >= 15 is 0 Å². The molecule has 0 radical (unpaired) electrons. The number of aromatic nitrogens is 3. The summed E-state index contributed by atoms with van der Waals surface area (Å²) in [6, 6.07) is 11.7. The van der Waals surface area contributed by atoms with Gasteiger partial charge in [0.2, 0.25) is 5.91 Å². The van der Waals surface area contributed by atoms with Crippen LogP contribution in [0.1, 0.15) is 35.5 Å². The smallest absolute Gasteiger partial charge is 0.266 e. The molecule has 10 nitrogen and oxygen atoms in total. The van der Waals surface area contributed by atoms with Crippen LogP contribution in [0.5, 0.6) is 5.75 Å². The van der Waals surface area contributed by atoms with Crippen LogP contribution in [0.2, 0.25) is 0 Å². The first-order chi connectivity index (χ1) is 18.0. The van der Waals surface area contributed by atoms with Crippen LogP contribution in [0.15, 0.2) is 59.5 Å². The molecule has 3 heterocycles. The number of pyridine rings is 1. The molecule has 5 rings (SSSR count). The van der Waals surface area contributed by atoms with E-state index in [2.05, 4.69) is 20.3 Å². The molecule has 0 saturated heterocycles. The number of nitrogens with two attached hydrogens (primary N) is 1. The van der Waals surface area contributed by atoms with Gasteiger partial charge in [-0.15, -0.1) is 0 Å². The highest BCUT2D eigenvalue weighted by Gasteiger charge is 2.45. The molecule has 2 aromatic carbocycles. The largest absolute Gasteiger partial charge is 0.489 e. The van der Waals surface area contributed by atoms with Crippen molar-refractivity contribution in [1.82, 2.24) is 20.3 Å². The number of fused-ring (bicyclic) bond motifs is 2. The number of amides is 2. The van der Waals surface area contributed by atoms with Crippen molar-refractivity contribution < 1.29 is 23.8 Å². The van der Waals surface area contributed by atoms with Crippen molar-refractivity contribution in [2.45, 2.75) is 24.9 Å². The molecule has 11 heteroatoms. The van der Waals surface area contributed by atoms with Crippen LogP contribution >= 0.6 is 0 Å². The molecule has 2 amide bonds. The van der Waals surface area contributed by atoms with E-state index in [1.165, 1.54) is 37.3 Å². The van der Waals surface area contributed by atoms with E-state index in [0.29, 0.717) is 33.6 Å². The van der Waals surface area contributed by atoms with Gasteiger partial charge in [-0.3, -0.25) is 14.4 Å². The molecular formula is C27H24FN5O5. The Morgan fingerprint density at radius 3 is 2.68 bits per heavy atom. The minimum absolute atomic E-state index is 0.0191. The van der Waals surface area contributed by atoms with Crippen LogP contribution in [0.25, 0.3) is 22.3 Å². The molecule has 0 bridgehead atoms. The summed E-state index contributed by atoms with van der Waals surface area (Å²) in [7, 11) is 0. The lowest BCUT2D eigenvalue weighted by Crippen LogP contribution is -2.41. The van der Waals surface area contributed by atoms with Gasteiger partial charge >= 0.3 is 0 Å². The zero-order valence-electron chi connectivity index (χ0n) is 20.5. The summed E-state index contributed by atoms with van der Waals surface area (Å²) in [6.45, 7) is 2.84. The monoisotopic (exact) mass is 517 g/mol. The quantitative estimate of drug-likeness (QED) is 0.304. The van der Waals surface area contributed by atoms with E-state index in [0.717, 1.165) is 6.20 Å². The van der Waals surface area contributed by atoms with Gasteiger partial charge in [-0.2, -0.15) is 0 Å². The lowest BCUT2D eigenvalue weighted by Gasteiger charge is -2.26. The third-order valence-corrected chi connectivity index (χ3v) is 6.72. The Balaban J connectivity index is 1.49. The molecule has 5 N–H and O–H groups in total. The van der Waals surface area contributed by atoms with Crippen molar-refractivity contribution in [2.24, 2.45) is 5.73 Å². The van der Waals surface area contributed by atoms with Crippen molar-refractivity contribution in [3.8, 4) is 17.0 Å². The van der Waals surface area contributed by atoms with E-state index in [4.69, 9.17) is 10.5 Å². The second kappa shape index (κ2) is 9.03. The summed E-state index contributed by atoms with van der Waals surface area (Å²) in [6.07, 6.45) is 1.15. The number of carbonyl (C=O) groups excluding carboxylic acids is 2. The number of hydrogen-bond donors (Lipinski definition) is 4. The summed E-state index contributed by atoms with van der Waals surface area (Å²) in [5.41, 5.74) is 4.99. The molecule has 38 heavy (non-hydrogen) atoms. The van der Waals surface area contributed by atoms with E-state index in [1.807, 2.05) is 0 Å². The van der Waals surface area contributed by atoms with E-state index in [1.54, 1.807) is 25.1 Å². The number of hydrogen-bond acceptors (Lipinski definition) is 7. The highest BCUT2D eigenvalue weighted by atomic mass is 19.1. The number of nitrogens with zero attached hydrogens (tertiary/aromatic N) is 2. The molecule has 4 aromatic rings. The van der Waals surface area contributed by atoms with Gasteiger partial charge in [-0.1, -0.05) is 0 Å². The minimum atomic E-state index is -1.69. The van der Waals surface area contributed by atoms with Crippen LogP contribution in [0.4, 0.5) is 4.39 Å². The van der Waals surface area contributed by atoms with Crippen molar-refractivity contribution in [2.75, 3.05) is 13.2 Å². The second-order valence-electron chi connectivity index (χ2n) is 9.66. The zero-order valence-corrected chi connectivity index (χ0v) is 20.5. The first-order valence-corrected chi connectivity index (χ1v) is 11.7. The molecule has 0 saturated carbocycles. The Morgan fingerprint density at radius 2 is 1.97 bits per heavy atom. The summed E-state index contributed by atoms with van der Waals surface area (Å²) in [4.78, 5) is 48.0. The zero-order chi connectivity index (χ0) is 27.2. The van der Waals surface area contributed by atoms with Gasteiger partial charge in [0.05, 0.1) is 29.5 Å². The lowest BCUT2D eigenvalue weighted by molar-refractivity contribution is -0.123. The molecule has 0 spiro atoms. The highest BCUT2D eigenvalue weighted by Crippen LogP contribution is 2.45. The molecule has 1 aliphatic heterocycles. The maximum Gasteiger partial charge on any atom is 0.266 e. The van der Waals surface area contributed by atoms with Crippen molar-refractivity contribution >= 4 is 22.8 Å². The van der Waals surface area contributed by atoms with E-state index < -0.39 is 34.2 Å². The molecule has 0 fully saturated rings. The fraction of sp³-hybridized carbons (Fsp3) is 0.222. The van der Waals surface area contributed by atoms with Crippen LogP contribution in [-0.4, -0.2) is 45.0 Å². The fourth-order valence-corrected chi connectivity index (χ4v) is 4.29. The molecular weight excluding hydrogens is 493 g/mol. The van der Waals surface area contributed by atoms with Crippen molar-refractivity contribution in [1.29, 1.82) is 0 Å². The first-order valence-electron chi connectivity index (χ1n) is 11.7. The topological polar surface area (TPSA) is 160 Å². The van der Waals surface area contributed by atoms with Crippen LogP contribution in [0.3, 0.4) is 0 Å². The van der Waals surface area contributed by atoms with Crippen molar-refractivity contribution in [3.05, 3.63) is 87.7 Å². The first kappa shape index (κ1) is 25.0. The number of benzene rings is 2. The molecule has 0 unspecified atom stereocenters. The molecule has 194 valence electrons. The highest BCUT2D eigenvalue weighted by molar-refractivity contribution is 5.97. The maximum absolute atomic E-state index is 13.6. The number of primary amides is 1. The average molecular weight is 518 g/mol. The van der Waals surface area contributed by atoms with Gasteiger partial charge in [-0.05, 0) is 62.4 Å². The van der Waals surface area contributed by atoms with Crippen molar-refractivity contribution in [3.63, 3.8) is 0 Å². The number of halogens is 1. The second-order valence-corrected chi connectivity index (χ2v) is 9.66. The minimum Gasteiger partial charge on any atom is -0.489 e. The maximum atomic E-state index is 13.6. The lowest BCUT2D eigenvalue weighted by atomic mass is 9.82. The van der Waals surface area contributed by atoms with Gasteiger partial charge in [0.25, 0.3) is 11.5 Å². The predicted molar refractivity (Wildman–Crippen MR) is 136 cm³/mol. The standard InChI is InChI=1S/C27H24FN5O5/c1-26(25(29)36)13-38-23-17(26)10-20(33-22(23)14-3-6-16(28)7-4-14)27(2,37)12-31-24(35)15-5-8-18-19(9-15)32-21(34)11-30-18/h3-11,37H,12-13H2,1-2H3,(H2,29,36)(H,31,35)(H,32,34)/t26-,27-/m0/s1. The number of aromatic amines is 1. The molecule has 1 aliphatic rings. The Kier molecular flexibility index (Phi) is 5.95. The number of aliphatic hydroxyl groups is 1. The summed E-state index contributed by atoms with van der Waals surface area (Å²) >= 11 is 0. The van der Waals surface area contributed by atoms with Gasteiger partial charge in [0, 0.05) is 16.7 Å². The Hall–Kier alpha value is -4.64. The van der Waals surface area contributed by atoms with Gasteiger partial charge in [-0.25, -0.2) is 14.4 Å². The number of ether oxygens (including phenoxy) is 1. The number of rotatable bonds is 6. The average Bonchev–Trinajstić information content (AvgIpc) is 3.25. The Bertz CT molecular complexity index is 1650.